The van der Waals surface area contributed by atoms with Crippen molar-refractivity contribution in [3.05, 3.63) is 34.9 Å². The maximum Gasteiger partial charge on any atom is 0.224 e. The second-order valence-corrected chi connectivity index (χ2v) is 7.64. The Bertz CT molecular complexity index is 565. The van der Waals surface area contributed by atoms with E-state index in [1.165, 1.54) is 0 Å². The highest BCUT2D eigenvalue weighted by atomic mass is 35.5. The third-order valence-electron chi connectivity index (χ3n) is 5.49. The van der Waals surface area contributed by atoms with Crippen LogP contribution < -0.4 is 5.32 Å². The van der Waals surface area contributed by atoms with Crippen LogP contribution in [-0.2, 0) is 16.0 Å². The smallest absolute Gasteiger partial charge is 0.224 e. The summed E-state index contributed by atoms with van der Waals surface area (Å²) >= 11 is 5.91. The minimum atomic E-state index is 0.0615. The number of benzene rings is 1. The summed E-state index contributed by atoms with van der Waals surface area (Å²) in [6.07, 6.45) is 2.58. The van der Waals surface area contributed by atoms with E-state index in [1.807, 2.05) is 24.3 Å². The van der Waals surface area contributed by atoms with E-state index < -0.39 is 0 Å². The second-order valence-electron chi connectivity index (χ2n) is 7.21. The van der Waals surface area contributed by atoms with Crippen LogP contribution in [0.5, 0.6) is 0 Å². The summed E-state index contributed by atoms with van der Waals surface area (Å²) in [4.78, 5) is 17.3. The van der Waals surface area contributed by atoms with Gasteiger partial charge in [-0.15, -0.1) is 0 Å². The topological polar surface area (TPSA) is 44.8 Å². The molecule has 0 aromatic heterocycles. The molecule has 1 amide bonds. The molecular formula is C19H28ClN3O2. The summed E-state index contributed by atoms with van der Waals surface area (Å²) in [6, 6.07) is 7.48. The summed E-state index contributed by atoms with van der Waals surface area (Å²) in [5, 5.41) is 3.89. The molecule has 1 N–H and O–H groups in total. The Morgan fingerprint density at radius 2 is 1.80 bits per heavy atom. The molecular weight excluding hydrogens is 338 g/mol. The van der Waals surface area contributed by atoms with Gasteiger partial charge in [0.05, 0.1) is 19.6 Å². The van der Waals surface area contributed by atoms with E-state index in [0.29, 0.717) is 18.0 Å². The van der Waals surface area contributed by atoms with Crippen molar-refractivity contribution >= 4 is 17.5 Å². The zero-order valence-corrected chi connectivity index (χ0v) is 15.7. The predicted molar refractivity (Wildman–Crippen MR) is 100 cm³/mol. The van der Waals surface area contributed by atoms with Crippen LogP contribution in [0.25, 0.3) is 0 Å². The average Bonchev–Trinajstić information content (AvgIpc) is 2.64. The van der Waals surface area contributed by atoms with Crippen LogP contribution in [0.15, 0.2) is 24.3 Å². The number of halogens is 1. The van der Waals surface area contributed by atoms with E-state index in [9.17, 15) is 4.79 Å². The first-order valence-electron chi connectivity index (χ1n) is 9.10. The molecule has 0 spiro atoms. The first-order chi connectivity index (χ1) is 12.1. The molecule has 2 heterocycles. The van der Waals surface area contributed by atoms with Gasteiger partial charge < -0.3 is 15.0 Å². The van der Waals surface area contributed by atoms with E-state index in [2.05, 4.69) is 22.2 Å². The number of likely N-dealkylation sites (tertiary alicyclic amines) is 1. The van der Waals surface area contributed by atoms with Crippen molar-refractivity contribution in [1.29, 1.82) is 0 Å². The van der Waals surface area contributed by atoms with Crippen LogP contribution in [0.3, 0.4) is 0 Å². The van der Waals surface area contributed by atoms with Gasteiger partial charge in [0.25, 0.3) is 0 Å². The lowest BCUT2D eigenvalue weighted by molar-refractivity contribution is -0.121. The first kappa shape index (κ1) is 18.6. The minimum Gasteiger partial charge on any atom is -0.379 e. The lowest BCUT2D eigenvalue weighted by Crippen LogP contribution is -2.62. The predicted octanol–water partition coefficient (Wildman–Crippen LogP) is 1.80. The Morgan fingerprint density at radius 3 is 2.44 bits per heavy atom. The molecule has 0 radical (unpaired) electrons. The van der Waals surface area contributed by atoms with Crippen molar-refractivity contribution in [3.63, 3.8) is 0 Å². The SMILES string of the molecule is CN1CCC(CNC(=O)Cc2ccc(Cl)cc2)(N2CCOCC2)CC1. The van der Waals surface area contributed by atoms with Crippen molar-refractivity contribution in [3.8, 4) is 0 Å². The normalized spacial score (nSPS) is 21.8. The number of hydrogen-bond acceptors (Lipinski definition) is 4. The van der Waals surface area contributed by atoms with E-state index >= 15 is 0 Å². The first-order valence-corrected chi connectivity index (χ1v) is 9.48. The molecule has 0 bridgehead atoms. The van der Waals surface area contributed by atoms with Crippen molar-refractivity contribution in [2.75, 3.05) is 53.0 Å². The molecule has 6 heteroatoms. The lowest BCUT2D eigenvalue weighted by atomic mass is 9.85. The number of rotatable bonds is 5. The molecule has 1 aromatic rings. The zero-order valence-electron chi connectivity index (χ0n) is 15.0. The highest BCUT2D eigenvalue weighted by molar-refractivity contribution is 6.30. The molecule has 3 rings (SSSR count). The van der Waals surface area contributed by atoms with Crippen LogP contribution in [0, 0.1) is 0 Å². The summed E-state index contributed by atoms with van der Waals surface area (Å²) in [5.74, 6) is 0.0777. The Hall–Kier alpha value is -1.14. The fraction of sp³-hybridized carbons (Fsp3) is 0.632. The number of nitrogens with zero attached hydrogens (tertiary/aromatic N) is 2. The van der Waals surface area contributed by atoms with Gasteiger partial charge in [-0.05, 0) is 50.7 Å². The van der Waals surface area contributed by atoms with E-state index in [1.54, 1.807) is 0 Å². The van der Waals surface area contributed by atoms with Gasteiger partial charge in [0.2, 0.25) is 5.91 Å². The van der Waals surface area contributed by atoms with Crippen molar-refractivity contribution in [2.45, 2.75) is 24.8 Å². The van der Waals surface area contributed by atoms with Gasteiger partial charge in [0, 0.05) is 30.2 Å². The largest absolute Gasteiger partial charge is 0.379 e. The van der Waals surface area contributed by atoms with Crippen LogP contribution in [-0.4, -0.2) is 74.2 Å². The molecule has 138 valence electrons. The number of morpholine rings is 1. The van der Waals surface area contributed by atoms with E-state index in [-0.39, 0.29) is 11.4 Å². The van der Waals surface area contributed by atoms with Crippen molar-refractivity contribution in [1.82, 2.24) is 15.1 Å². The number of ether oxygens (including phenoxy) is 1. The molecule has 2 saturated heterocycles. The maximum absolute atomic E-state index is 12.4. The molecule has 0 aliphatic carbocycles. The standard InChI is InChI=1S/C19H28ClN3O2/c1-22-8-6-19(7-9-22,23-10-12-25-13-11-23)15-21-18(24)14-16-2-4-17(20)5-3-16/h2-5H,6-15H2,1H3,(H,21,24). The van der Waals surface area contributed by atoms with Gasteiger partial charge in [0.1, 0.15) is 0 Å². The van der Waals surface area contributed by atoms with Gasteiger partial charge in [-0.25, -0.2) is 0 Å². The molecule has 1 aromatic carbocycles. The fourth-order valence-electron chi connectivity index (χ4n) is 3.79. The minimum absolute atomic E-state index is 0.0615. The molecule has 25 heavy (non-hydrogen) atoms. The van der Waals surface area contributed by atoms with Crippen molar-refractivity contribution in [2.24, 2.45) is 0 Å². The summed E-state index contributed by atoms with van der Waals surface area (Å²) < 4.78 is 5.52. The molecule has 0 saturated carbocycles. The van der Waals surface area contributed by atoms with Crippen molar-refractivity contribution < 1.29 is 9.53 Å². The van der Waals surface area contributed by atoms with Crippen LogP contribution in [0.2, 0.25) is 5.02 Å². The number of piperidine rings is 1. The Kier molecular flexibility index (Phi) is 6.34. The summed E-state index contributed by atoms with van der Waals surface area (Å²) in [7, 11) is 2.17. The van der Waals surface area contributed by atoms with Gasteiger partial charge in [-0.1, -0.05) is 23.7 Å². The highest BCUT2D eigenvalue weighted by Crippen LogP contribution is 2.29. The maximum atomic E-state index is 12.4. The fourth-order valence-corrected chi connectivity index (χ4v) is 3.92. The lowest BCUT2D eigenvalue weighted by Gasteiger charge is -2.49. The quantitative estimate of drug-likeness (QED) is 0.864. The molecule has 0 unspecified atom stereocenters. The number of carbonyl (C=O) groups is 1. The second kappa shape index (κ2) is 8.49. The van der Waals surface area contributed by atoms with Gasteiger partial charge in [-0.3, -0.25) is 9.69 Å². The summed E-state index contributed by atoms with van der Waals surface area (Å²) in [5.41, 5.74) is 1.05. The van der Waals surface area contributed by atoms with Gasteiger partial charge in [0.15, 0.2) is 0 Å². The Labute approximate surface area is 155 Å². The average molecular weight is 366 g/mol. The number of hydrogen-bond donors (Lipinski definition) is 1. The zero-order chi connectivity index (χ0) is 17.7. The Morgan fingerprint density at radius 1 is 1.16 bits per heavy atom. The molecule has 0 atom stereocenters. The number of nitrogens with one attached hydrogen (secondary N) is 1. The third-order valence-corrected chi connectivity index (χ3v) is 5.74. The number of amides is 1. The van der Waals surface area contributed by atoms with E-state index in [4.69, 9.17) is 16.3 Å². The molecule has 2 aliphatic rings. The Balaban J connectivity index is 1.59. The monoisotopic (exact) mass is 365 g/mol. The van der Waals surface area contributed by atoms with E-state index in [0.717, 1.165) is 57.8 Å². The number of carbonyl (C=O) groups excluding carboxylic acids is 1. The van der Waals surface area contributed by atoms with Crippen LogP contribution in [0.4, 0.5) is 0 Å². The third kappa shape index (κ3) is 4.94. The molecule has 2 fully saturated rings. The van der Waals surface area contributed by atoms with Gasteiger partial charge >= 0.3 is 0 Å². The van der Waals surface area contributed by atoms with Gasteiger partial charge in [-0.2, -0.15) is 0 Å². The van der Waals surface area contributed by atoms with Crippen LogP contribution >= 0.6 is 11.6 Å². The molecule has 5 nitrogen and oxygen atoms in total. The summed E-state index contributed by atoms with van der Waals surface area (Å²) in [6.45, 7) is 6.35. The highest BCUT2D eigenvalue weighted by Gasteiger charge is 2.40. The molecule has 2 aliphatic heterocycles. The van der Waals surface area contributed by atoms with Crippen LogP contribution in [0.1, 0.15) is 18.4 Å².